The van der Waals surface area contributed by atoms with Crippen molar-refractivity contribution in [3.05, 3.63) is 22.7 Å². The number of carbonyl (C=O) groups excluding carboxylic acids is 1. The number of fused-ring (bicyclic) bond motifs is 1. The highest BCUT2D eigenvalue weighted by atomic mass is 35.5. The molecule has 0 bridgehead atoms. The zero-order valence-electron chi connectivity index (χ0n) is 9.74. The van der Waals surface area contributed by atoms with Crippen LogP contribution in [0.25, 0.3) is 0 Å². The van der Waals surface area contributed by atoms with E-state index in [0.29, 0.717) is 16.5 Å². The first-order valence-electron chi connectivity index (χ1n) is 5.94. The summed E-state index contributed by atoms with van der Waals surface area (Å²) in [5.41, 5.74) is 0.192. The zero-order chi connectivity index (χ0) is 12.6. The summed E-state index contributed by atoms with van der Waals surface area (Å²) in [4.78, 5) is 14.8. The van der Waals surface area contributed by atoms with Crippen LogP contribution in [0, 0.1) is 0 Å². The lowest BCUT2D eigenvalue weighted by Crippen LogP contribution is -2.20. The second kappa shape index (κ2) is 4.30. The van der Waals surface area contributed by atoms with Gasteiger partial charge in [-0.15, -0.1) is 0 Å². The van der Waals surface area contributed by atoms with Crippen molar-refractivity contribution in [3.63, 3.8) is 0 Å². The van der Waals surface area contributed by atoms with Crippen LogP contribution >= 0.6 is 11.6 Å². The number of aliphatic imine (C=N–C) groups is 1. The maximum atomic E-state index is 10.7. The average Bonchev–Trinajstić information content (AvgIpc) is 2.98. The number of isocyanates is 1. The van der Waals surface area contributed by atoms with Crippen LogP contribution in [0.4, 0.5) is 0 Å². The molecule has 1 heterocycles. The van der Waals surface area contributed by atoms with Gasteiger partial charge in [-0.1, -0.05) is 24.4 Å². The summed E-state index contributed by atoms with van der Waals surface area (Å²) in [6.07, 6.45) is 5.31. The minimum absolute atomic E-state index is 0.184. The molecule has 2 aliphatic rings. The van der Waals surface area contributed by atoms with Gasteiger partial charge >= 0.3 is 0 Å². The first kappa shape index (κ1) is 11.6. The molecule has 94 valence electrons. The fraction of sp³-hybridized carbons (Fsp3) is 0.462. The zero-order valence-corrected chi connectivity index (χ0v) is 10.5. The van der Waals surface area contributed by atoms with Gasteiger partial charge in [-0.2, -0.15) is 4.99 Å². The Bertz CT molecular complexity index is 531. The van der Waals surface area contributed by atoms with Gasteiger partial charge in [-0.05, 0) is 25.0 Å². The first-order chi connectivity index (χ1) is 8.77. The summed E-state index contributed by atoms with van der Waals surface area (Å²) in [5, 5.41) is 0.570. The Balaban J connectivity index is 2.21. The monoisotopic (exact) mass is 265 g/mol. The van der Waals surface area contributed by atoms with Crippen molar-refractivity contribution >= 4 is 17.7 Å². The Morgan fingerprint density at radius 3 is 2.78 bits per heavy atom. The summed E-state index contributed by atoms with van der Waals surface area (Å²) in [6.45, 7) is 0.184. The van der Waals surface area contributed by atoms with Crippen LogP contribution in [-0.2, 0) is 10.3 Å². The lowest BCUT2D eigenvalue weighted by Gasteiger charge is -2.25. The summed E-state index contributed by atoms with van der Waals surface area (Å²) >= 11 is 6.29. The van der Waals surface area contributed by atoms with Crippen LogP contribution in [-0.4, -0.2) is 12.9 Å². The van der Waals surface area contributed by atoms with Crippen LogP contribution in [0.15, 0.2) is 17.1 Å². The molecule has 0 atom stereocenters. The van der Waals surface area contributed by atoms with E-state index < -0.39 is 5.54 Å². The molecular formula is C13H12ClNO3. The molecule has 0 radical (unpaired) electrons. The van der Waals surface area contributed by atoms with Gasteiger partial charge in [0.2, 0.25) is 12.9 Å². The molecule has 1 aliphatic carbocycles. The standard InChI is InChI=1S/C13H12ClNO3/c14-9-3-4-10-12(18-8-17-10)11(9)13(15-7-16)5-1-2-6-13/h3-4H,1-2,5-6,8H2. The van der Waals surface area contributed by atoms with Gasteiger partial charge in [-0.3, -0.25) is 0 Å². The van der Waals surface area contributed by atoms with Crippen LogP contribution in [0.5, 0.6) is 11.5 Å². The fourth-order valence-corrected chi connectivity index (χ4v) is 3.17. The van der Waals surface area contributed by atoms with E-state index in [1.54, 1.807) is 18.2 Å². The molecule has 0 aromatic heterocycles. The Kier molecular flexibility index (Phi) is 2.77. The van der Waals surface area contributed by atoms with Gasteiger partial charge < -0.3 is 9.47 Å². The van der Waals surface area contributed by atoms with Crippen molar-refractivity contribution in [2.45, 2.75) is 31.2 Å². The van der Waals surface area contributed by atoms with Crippen molar-refractivity contribution in [2.24, 2.45) is 4.99 Å². The van der Waals surface area contributed by atoms with E-state index >= 15 is 0 Å². The van der Waals surface area contributed by atoms with Crippen LogP contribution in [0.2, 0.25) is 5.02 Å². The SMILES string of the molecule is O=C=NC1(c2c(Cl)ccc3c2OCO3)CCCC1. The largest absolute Gasteiger partial charge is 0.454 e. The van der Waals surface area contributed by atoms with Crippen molar-refractivity contribution in [3.8, 4) is 11.5 Å². The van der Waals surface area contributed by atoms with Gasteiger partial charge in [0.15, 0.2) is 11.5 Å². The minimum atomic E-state index is -0.585. The van der Waals surface area contributed by atoms with Crippen molar-refractivity contribution < 1.29 is 14.3 Å². The van der Waals surface area contributed by atoms with Gasteiger partial charge in [-0.25, -0.2) is 4.79 Å². The molecule has 1 fully saturated rings. The van der Waals surface area contributed by atoms with E-state index in [-0.39, 0.29) is 6.79 Å². The molecule has 18 heavy (non-hydrogen) atoms. The van der Waals surface area contributed by atoms with E-state index in [9.17, 15) is 4.79 Å². The number of halogens is 1. The lowest BCUT2D eigenvalue weighted by molar-refractivity contribution is 0.172. The van der Waals surface area contributed by atoms with E-state index in [2.05, 4.69) is 4.99 Å². The maximum Gasteiger partial charge on any atom is 0.235 e. The van der Waals surface area contributed by atoms with Crippen LogP contribution in [0.3, 0.4) is 0 Å². The molecule has 1 aliphatic heterocycles. The van der Waals surface area contributed by atoms with Crippen molar-refractivity contribution in [1.29, 1.82) is 0 Å². The number of hydrogen-bond donors (Lipinski definition) is 0. The van der Waals surface area contributed by atoms with E-state index in [1.165, 1.54) is 0 Å². The number of rotatable bonds is 2. The average molecular weight is 266 g/mol. The molecule has 4 nitrogen and oxygen atoms in total. The van der Waals surface area contributed by atoms with E-state index in [1.807, 2.05) is 0 Å². The topological polar surface area (TPSA) is 47.9 Å². The minimum Gasteiger partial charge on any atom is -0.454 e. The summed E-state index contributed by atoms with van der Waals surface area (Å²) in [7, 11) is 0. The Hall–Kier alpha value is -1.51. The number of hydrogen-bond acceptors (Lipinski definition) is 4. The molecule has 3 rings (SSSR count). The summed E-state index contributed by atoms with van der Waals surface area (Å²) in [6, 6.07) is 3.55. The number of benzene rings is 1. The van der Waals surface area contributed by atoms with Crippen molar-refractivity contribution in [1.82, 2.24) is 0 Å². The first-order valence-corrected chi connectivity index (χ1v) is 6.32. The summed E-state index contributed by atoms with van der Waals surface area (Å²) in [5.74, 6) is 1.30. The highest BCUT2D eigenvalue weighted by Gasteiger charge is 2.41. The molecule has 1 aromatic carbocycles. The molecule has 0 spiro atoms. The van der Waals surface area contributed by atoms with Gasteiger partial charge in [0.25, 0.3) is 0 Å². The van der Waals surface area contributed by atoms with E-state index in [4.69, 9.17) is 21.1 Å². The van der Waals surface area contributed by atoms with E-state index in [0.717, 1.165) is 31.2 Å². The third-order valence-electron chi connectivity index (χ3n) is 3.64. The smallest absolute Gasteiger partial charge is 0.235 e. The number of nitrogens with zero attached hydrogens (tertiary/aromatic N) is 1. The third-order valence-corrected chi connectivity index (χ3v) is 3.96. The quantitative estimate of drug-likeness (QED) is 0.609. The molecular weight excluding hydrogens is 254 g/mol. The van der Waals surface area contributed by atoms with Gasteiger partial charge in [0, 0.05) is 5.56 Å². The molecule has 1 saturated carbocycles. The predicted octanol–water partition coefficient (Wildman–Crippen LogP) is 3.17. The molecule has 5 heteroatoms. The molecule has 1 aromatic rings. The second-order valence-corrected chi connectivity index (χ2v) is 5.01. The van der Waals surface area contributed by atoms with Gasteiger partial charge in [0.1, 0.15) is 5.54 Å². The van der Waals surface area contributed by atoms with Gasteiger partial charge in [0.05, 0.1) is 5.02 Å². The maximum absolute atomic E-state index is 10.7. The van der Waals surface area contributed by atoms with Crippen LogP contribution < -0.4 is 9.47 Å². The Labute approximate surface area is 110 Å². The predicted molar refractivity (Wildman–Crippen MR) is 65.8 cm³/mol. The van der Waals surface area contributed by atoms with Crippen molar-refractivity contribution in [2.75, 3.05) is 6.79 Å². The Morgan fingerprint density at radius 2 is 2.06 bits per heavy atom. The Morgan fingerprint density at radius 1 is 1.28 bits per heavy atom. The molecule has 0 N–H and O–H groups in total. The highest BCUT2D eigenvalue weighted by Crippen LogP contribution is 2.52. The number of ether oxygens (including phenoxy) is 2. The molecule has 0 saturated heterocycles. The molecule has 0 unspecified atom stereocenters. The molecule has 0 amide bonds. The summed E-state index contributed by atoms with van der Waals surface area (Å²) < 4.78 is 10.9. The third kappa shape index (κ3) is 1.61. The lowest BCUT2D eigenvalue weighted by atomic mass is 9.88. The highest BCUT2D eigenvalue weighted by molar-refractivity contribution is 6.31. The normalized spacial score (nSPS) is 19.6. The second-order valence-electron chi connectivity index (χ2n) is 4.60. The van der Waals surface area contributed by atoms with Crippen LogP contribution in [0.1, 0.15) is 31.2 Å². The fourth-order valence-electron chi connectivity index (χ4n) is 2.85.